The number of aromatic nitrogens is 2. The number of carbonyl (C=O) groups excluding carboxylic acids is 1. The lowest BCUT2D eigenvalue weighted by Crippen LogP contribution is -2.34. The van der Waals surface area contributed by atoms with Gasteiger partial charge in [-0.3, -0.25) is 9.48 Å². The molecule has 3 rings (SSSR count). The van der Waals surface area contributed by atoms with Crippen LogP contribution in [0.15, 0.2) is 22.7 Å². The molecule has 0 aliphatic carbocycles. The largest absolute Gasteiger partial charge is 0.464 e. The van der Waals surface area contributed by atoms with E-state index in [0.29, 0.717) is 6.61 Å². The Morgan fingerprint density at radius 2 is 2.22 bits per heavy atom. The molecule has 1 N–H and O–H groups in total. The van der Waals surface area contributed by atoms with Crippen molar-refractivity contribution >= 4 is 5.91 Å². The van der Waals surface area contributed by atoms with Crippen LogP contribution < -0.4 is 5.32 Å². The Morgan fingerprint density at radius 3 is 2.83 bits per heavy atom. The minimum absolute atomic E-state index is 0.00249. The van der Waals surface area contributed by atoms with Gasteiger partial charge in [-0.2, -0.15) is 5.10 Å². The van der Waals surface area contributed by atoms with Gasteiger partial charge in [0.2, 0.25) is 5.91 Å². The summed E-state index contributed by atoms with van der Waals surface area (Å²) >= 11 is 0. The fourth-order valence-electron chi connectivity index (χ4n) is 3.04. The first-order valence-electron chi connectivity index (χ1n) is 7.94. The number of aryl methyl sites for hydroxylation is 2. The van der Waals surface area contributed by atoms with E-state index in [4.69, 9.17) is 9.15 Å². The first-order valence-corrected chi connectivity index (χ1v) is 7.94. The highest BCUT2D eigenvalue weighted by molar-refractivity contribution is 5.80. The van der Waals surface area contributed by atoms with E-state index >= 15 is 0 Å². The average Bonchev–Trinajstić information content (AvgIpc) is 3.21. The molecule has 1 saturated heterocycles. The van der Waals surface area contributed by atoms with Crippen molar-refractivity contribution < 1.29 is 13.9 Å². The van der Waals surface area contributed by atoms with Gasteiger partial charge in [0.15, 0.2) is 0 Å². The van der Waals surface area contributed by atoms with Crippen LogP contribution in [0.2, 0.25) is 0 Å². The van der Waals surface area contributed by atoms with Crippen molar-refractivity contribution in [2.45, 2.75) is 39.3 Å². The van der Waals surface area contributed by atoms with Gasteiger partial charge in [-0.15, -0.1) is 0 Å². The van der Waals surface area contributed by atoms with E-state index < -0.39 is 0 Å². The molecule has 1 unspecified atom stereocenters. The van der Waals surface area contributed by atoms with Crippen molar-refractivity contribution in [2.75, 3.05) is 6.61 Å². The molecule has 2 aromatic rings. The number of furan rings is 1. The molecule has 6 nitrogen and oxygen atoms in total. The Morgan fingerprint density at radius 1 is 1.43 bits per heavy atom. The lowest BCUT2D eigenvalue weighted by Gasteiger charge is -2.20. The molecule has 3 atom stereocenters. The van der Waals surface area contributed by atoms with Gasteiger partial charge in [-0.05, 0) is 39.3 Å². The summed E-state index contributed by atoms with van der Waals surface area (Å²) in [6.07, 6.45) is 2.29. The fourth-order valence-corrected chi connectivity index (χ4v) is 3.04. The Balaban J connectivity index is 1.72. The standard InChI is InChI=1S/C17H23N3O3/c1-10-5-6-15(23-10)11(2)19-17(21)13-7-8-22-16(13)14-9-18-20(4)12(14)3/h5-6,9,11,13,16H,7-8H2,1-4H3,(H,19,21)/t11?,13-,16-/m0/s1. The molecule has 2 aromatic heterocycles. The maximum atomic E-state index is 12.7. The molecule has 1 aliphatic heterocycles. The van der Waals surface area contributed by atoms with Crippen LogP contribution in [0, 0.1) is 19.8 Å². The topological polar surface area (TPSA) is 69.3 Å². The number of rotatable bonds is 4. The van der Waals surface area contributed by atoms with Crippen LogP contribution in [0.3, 0.4) is 0 Å². The Bertz CT molecular complexity index is 704. The molecule has 0 bridgehead atoms. The van der Waals surface area contributed by atoms with E-state index in [1.807, 2.05) is 40.0 Å². The van der Waals surface area contributed by atoms with E-state index in [1.165, 1.54) is 0 Å². The zero-order chi connectivity index (χ0) is 16.6. The molecule has 6 heteroatoms. The van der Waals surface area contributed by atoms with Crippen LogP contribution in [0.1, 0.15) is 48.3 Å². The van der Waals surface area contributed by atoms with E-state index in [-0.39, 0.29) is 24.0 Å². The second kappa shape index (κ2) is 6.20. The summed E-state index contributed by atoms with van der Waals surface area (Å²) in [6.45, 7) is 6.40. The van der Waals surface area contributed by atoms with E-state index in [2.05, 4.69) is 10.4 Å². The zero-order valence-electron chi connectivity index (χ0n) is 14.0. The number of hydrogen-bond acceptors (Lipinski definition) is 4. The first-order chi connectivity index (χ1) is 11.0. The number of nitrogens with one attached hydrogen (secondary N) is 1. The Kier molecular flexibility index (Phi) is 4.26. The molecule has 0 saturated carbocycles. The number of nitrogens with zero attached hydrogens (tertiary/aromatic N) is 2. The summed E-state index contributed by atoms with van der Waals surface area (Å²) in [4.78, 5) is 12.7. The first kappa shape index (κ1) is 15.8. The van der Waals surface area contributed by atoms with E-state index in [0.717, 1.165) is 29.2 Å². The molecule has 124 valence electrons. The maximum absolute atomic E-state index is 12.7. The molecule has 0 spiro atoms. The quantitative estimate of drug-likeness (QED) is 0.941. The second-order valence-corrected chi connectivity index (χ2v) is 6.17. The fraction of sp³-hybridized carbons (Fsp3) is 0.529. The molecule has 0 radical (unpaired) electrons. The van der Waals surface area contributed by atoms with Crippen LogP contribution in [0.25, 0.3) is 0 Å². The number of hydrogen-bond donors (Lipinski definition) is 1. The monoisotopic (exact) mass is 317 g/mol. The second-order valence-electron chi connectivity index (χ2n) is 6.17. The van der Waals surface area contributed by atoms with Crippen LogP contribution in [-0.2, 0) is 16.6 Å². The summed E-state index contributed by atoms with van der Waals surface area (Å²) in [5.41, 5.74) is 2.02. The van der Waals surface area contributed by atoms with Gasteiger partial charge in [0.25, 0.3) is 0 Å². The third-order valence-electron chi connectivity index (χ3n) is 4.55. The van der Waals surface area contributed by atoms with Gasteiger partial charge in [0.1, 0.15) is 11.5 Å². The van der Waals surface area contributed by atoms with E-state index in [1.54, 1.807) is 10.9 Å². The summed E-state index contributed by atoms with van der Waals surface area (Å²) < 4.78 is 13.2. The highest BCUT2D eigenvalue weighted by Crippen LogP contribution is 2.36. The average molecular weight is 317 g/mol. The number of carbonyl (C=O) groups is 1. The molecule has 0 aromatic carbocycles. The van der Waals surface area contributed by atoms with Crippen molar-refractivity contribution in [1.82, 2.24) is 15.1 Å². The van der Waals surface area contributed by atoms with Crippen molar-refractivity contribution in [1.29, 1.82) is 0 Å². The highest BCUT2D eigenvalue weighted by atomic mass is 16.5. The smallest absolute Gasteiger partial charge is 0.226 e. The van der Waals surface area contributed by atoms with Crippen molar-refractivity contribution in [3.63, 3.8) is 0 Å². The van der Waals surface area contributed by atoms with Gasteiger partial charge in [-0.1, -0.05) is 0 Å². The van der Waals surface area contributed by atoms with Crippen molar-refractivity contribution in [3.8, 4) is 0 Å². The van der Waals surface area contributed by atoms with Crippen molar-refractivity contribution in [3.05, 3.63) is 41.1 Å². The molecule has 23 heavy (non-hydrogen) atoms. The van der Waals surface area contributed by atoms with Gasteiger partial charge >= 0.3 is 0 Å². The molecule has 1 amide bonds. The molecule has 3 heterocycles. The molecule has 1 aliphatic rings. The summed E-state index contributed by atoms with van der Waals surface area (Å²) in [6, 6.07) is 3.64. The minimum Gasteiger partial charge on any atom is -0.464 e. The van der Waals surface area contributed by atoms with E-state index in [9.17, 15) is 4.79 Å². The molecule has 1 fully saturated rings. The normalized spacial score (nSPS) is 22.3. The predicted octanol–water partition coefficient (Wildman–Crippen LogP) is 2.58. The predicted molar refractivity (Wildman–Crippen MR) is 84.7 cm³/mol. The lowest BCUT2D eigenvalue weighted by atomic mass is 9.94. The number of ether oxygens (including phenoxy) is 1. The zero-order valence-corrected chi connectivity index (χ0v) is 14.0. The third-order valence-corrected chi connectivity index (χ3v) is 4.55. The van der Waals surface area contributed by atoms with Gasteiger partial charge in [0, 0.05) is 24.9 Å². The van der Waals surface area contributed by atoms with Gasteiger partial charge in [0.05, 0.1) is 24.3 Å². The Labute approximate surface area is 135 Å². The van der Waals surface area contributed by atoms with Crippen LogP contribution in [-0.4, -0.2) is 22.3 Å². The van der Waals surface area contributed by atoms with Gasteiger partial charge < -0.3 is 14.5 Å². The number of amides is 1. The highest BCUT2D eigenvalue weighted by Gasteiger charge is 2.37. The lowest BCUT2D eigenvalue weighted by molar-refractivity contribution is -0.127. The van der Waals surface area contributed by atoms with Crippen molar-refractivity contribution in [2.24, 2.45) is 13.0 Å². The molecular weight excluding hydrogens is 294 g/mol. The maximum Gasteiger partial charge on any atom is 0.226 e. The van der Waals surface area contributed by atoms with Crippen LogP contribution in [0.4, 0.5) is 0 Å². The third kappa shape index (κ3) is 3.03. The Hall–Kier alpha value is -2.08. The summed E-state index contributed by atoms with van der Waals surface area (Å²) in [5.74, 6) is 1.41. The van der Waals surface area contributed by atoms with Crippen LogP contribution >= 0.6 is 0 Å². The summed E-state index contributed by atoms with van der Waals surface area (Å²) in [7, 11) is 1.89. The van der Waals surface area contributed by atoms with Crippen LogP contribution in [0.5, 0.6) is 0 Å². The summed E-state index contributed by atoms with van der Waals surface area (Å²) in [5, 5.41) is 7.29. The SMILES string of the molecule is Cc1ccc(C(C)NC(=O)[C@H]2CCO[C@@H]2c2cnn(C)c2C)o1. The molecular formula is C17H23N3O3. The minimum atomic E-state index is -0.228. The van der Waals surface area contributed by atoms with Gasteiger partial charge in [-0.25, -0.2) is 0 Å².